The summed E-state index contributed by atoms with van der Waals surface area (Å²) in [5.74, 6) is -0.503. The molecule has 2 aromatic carbocycles. The predicted molar refractivity (Wildman–Crippen MR) is 107 cm³/mol. The van der Waals surface area contributed by atoms with Crippen molar-refractivity contribution in [3.05, 3.63) is 54.1 Å². The lowest BCUT2D eigenvalue weighted by molar-refractivity contribution is -0.116. The zero-order valence-corrected chi connectivity index (χ0v) is 16.4. The molecule has 0 aliphatic carbocycles. The summed E-state index contributed by atoms with van der Waals surface area (Å²) in [4.78, 5) is 25.5. The molecule has 10 heteroatoms. The Morgan fingerprint density at radius 2 is 1.86 bits per heavy atom. The topological polar surface area (TPSA) is 123 Å². The number of nitrogens with zero attached hydrogens (tertiary/aromatic N) is 3. The van der Waals surface area contributed by atoms with E-state index in [-0.39, 0.29) is 17.5 Å². The molecule has 1 saturated heterocycles. The van der Waals surface area contributed by atoms with Crippen molar-refractivity contribution in [2.45, 2.75) is 4.90 Å². The van der Waals surface area contributed by atoms with Gasteiger partial charge in [0.25, 0.3) is 0 Å². The number of carbonyl (C=O) groups excluding carboxylic acids is 2. The fourth-order valence-corrected chi connectivity index (χ4v) is 3.94. The Labute approximate surface area is 168 Å². The van der Waals surface area contributed by atoms with Gasteiger partial charge in [0.05, 0.1) is 23.1 Å². The normalized spacial score (nSPS) is 13.8. The average Bonchev–Trinajstić information content (AvgIpc) is 3.14. The number of hydrogen-bond donors (Lipinski definition) is 2. The number of nitrogens with one attached hydrogen (secondary N) is 2. The molecule has 9 nitrogen and oxygen atoms in total. The lowest BCUT2D eigenvalue weighted by Crippen LogP contribution is -2.35. The van der Waals surface area contributed by atoms with Crippen molar-refractivity contribution in [2.24, 2.45) is 0 Å². The maximum Gasteiger partial charge on any atom is 0.321 e. The van der Waals surface area contributed by atoms with Crippen molar-refractivity contribution < 1.29 is 18.0 Å². The minimum Gasteiger partial charge on any atom is -0.336 e. The van der Waals surface area contributed by atoms with Crippen LogP contribution in [0.5, 0.6) is 0 Å². The summed E-state index contributed by atoms with van der Waals surface area (Å²) >= 11 is 0. The van der Waals surface area contributed by atoms with Crippen LogP contribution in [0.4, 0.5) is 16.2 Å². The second kappa shape index (κ2) is 8.30. The Bertz CT molecular complexity index is 1060. The van der Waals surface area contributed by atoms with E-state index in [0.29, 0.717) is 30.0 Å². The fourth-order valence-electron chi connectivity index (χ4n) is 2.81. The quantitative estimate of drug-likeness (QED) is 0.740. The van der Waals surface area contributed by atoms with E-state index < -0.39 is 15.9 Å². The van der Waals surface area contributed by atoms with E-state index >= 15 is 0 Å². The second-order valence-corrected chi connectivity index (χ2v) is 8.42. The lowest BCUT2D eigenvalue weighted by Gasteiger charge is -2.17. The number of rotatable bonds is 6. The maximum atomic E-state index is 12.6. The van der Waals surface area contributed by atoms with Crippen LogP contribution in [0.25, 0.3) is 0 Å². The number of benzene rings is 2. The number of sulfonamides is 1. The average molecular weight is 413 g/mol. The summed E-state index contributed by atoms with van der Waals surface area (Å²) < 4.78 is 26.1. The summed E-state index contributed by atoms with van der Waals surface area (Å²) in [5, 5.41) is 14.2. The number of hydrogen-bond acceptors (Lipinski definition) is 5. The Morgan fingerprint density at radius 3 is 2.41 bits per heavy atom. The van der Waals surface area contributed by atoms with Crippen molar-refractivity contribution in [1.82, 2.24) is 9.62 Å². The number of anilines is 2. The highest BCUT2D eigenvalue weighted by atomic mass is 32.2. The van der Waals surface area contributed by atoms with Crippen LogP contribution in [0.3, 0.4) is 0 Å². The van der Waals surface area contributed by atoms with E-state index in [1.54, 1.807) is 29.2 Å². The van der Waals surface area contributed by atoms with Gasteiger partial charge in [-0.25, -0.2) is 13.2 Å². The molecule has 1 aliphatic rings. The van der Waals surface area contributed by atoms with Gasteiger partial charge in [-0.2, -0.15) is 9.57 Å². The Balaban J connectivity index is 1.62. The predicted octanol–water partition coefficient (Wildman–Crippen LogP) is 1.35. The molecule has 1 fully saturated rings. The van der Waals surface area contributed by atoms with Crippen molar-refractivity contribution in [3.8, 4) is 6.07 Å². The molecule has 2 aromatic rings. The van der Waals surface area contributed by atoms with Gasteiger partial charge in [0.1, 0.15) is 0 Å². The molecule has 0 radical (unpaired) electrons. The van der Waals surface area contributed by atoms with E-state index in [1.165, 1.54) is 31.3 Å². The van der Waals surface area contributed by atoms with Crippen molar-refractivity contribution >= 4 is 33.3 Å². The zero-order chi connectivity index (χ0) is 21.0. The molecule has 0 atom stereocenters. The first-order chi connectivity index (χ1) is 13.8. The first kappa shape index (κ1) is 20.3. The molecule has 29 heavy (non-hydrogen) atoms. The molecule has 0 spiro atoms. The number of nitriles is 1. The molecular formula is C19H19N5O4S. The summed E-state index contributed by atoms with van der Waals surface area (Å²) in [6.45, 7) is 0.776. The van der Waals surface area contributed by atoms with E-state index in [4.69, 9.17) is 5.26 Å². The van der Waals surface area contributed by atoms with Crippen molar-refractivity contribution in [1.29, 1.82) is 5.26 Å². The molecule has 3 amide bonds. The van der Waals surface area contributed by atoms with Crippen LogP contribution < -0.4 is 15.5 Å². The minimum atomic E-state index is -3.86. The molecule has 150 valence electrons. The van der Waals surface area contributed by atoms with Gasteiger partial charge in [0.15, 0.2) is 0 Å². The molecule has 1 heterocycles. The third-order valence-electron chi connectivity index (χ3n) is 4.38. The van der Waals surface area contributed by atoms with E-state index in [2.05, 4.69) is 10.6 Å². The summed E-state index contributed by atoms with van der Waals surface area (Å²) in [6, 6.07) is 13.9. The second-order valence-electron chi connectivity index (χ2n) is 6.38. The van der Waals surface area contributed by atoms with Crippen LogP contribution in [-0.2, 0) is 14.8 Å². The number of likely N-dealkylation sites (N-methyl/N-ethyl adjacent to an activating group) is 1. The van der Waals surface area contributed by atoms with Crippen LogP contribution in [-0.4, -0.2) is 51.3 Å². The first-order valence-electron chi connectivity index (χ1n) is 8.73. The Morgan fingerprint density at radius 1 is 1.21 bits per heavy atom. The highest BCUT2D eigenvalue weighted by Crippen LogP contribution is 2.20. The largest absolute Gasteiger partial charge is 0.336 e. The van der Waals surface area contributed by atoms with Crippen molar-refractivity contribution in [3.63, 3.8) is 0 Å². The van der Waals surface area contributed by atoms with Gasteiger partial charge in [0.2, 0.25) is 15.9 Å². The SMILES string of the molecule is CN(CC(=O)Nc1ccc(N2CCNC2=O)cc1)S(=O)(=O)c1ccc(C#N)cc1. The monoisotopic (exact) mass is 413 g/mol. The zero-order valence-electron chi connectivity index (χ0n) is 15.6. The van der Waals surface area contributed by atoms with Gasteiger partial charge < -0.3 is 10.6 Å². The lowest BCUT2D eigenvalue weighted by atomic mass is 10.2. The third-order valence-corrected chi connectivity index (χ3v) is 6.20. The molecular weight excluding hydrogens is 394 g/mol. The van der Waals surface area contributed by atoms with Gasteiger partial charge in [-0.05, 0) is 48.5 Å². The van der Waals surface area contributed by atoms with Crippen molar-refractivity contribution in [2.75, 3.05) is 36.9 Å². The van der Waals surface area contributed by atoms with E-state index in [0.717, 1.165) is 4.31 Å². The smallest absolute Gasteiger partial charge is 0.321 e. The number of amides is 3. The molecule has 0 saturated carbocycles. The van der Waals surface area contributed by atoms with Gasteiger partial charge in [0, 0.05) is 31.5 Å². The molecule has 0 bridgehead atoms. The number of urea groups is 1. The van der Waals surface area contributed by atoms with Crippen LogP contribution in [0.15, 0.2) is 53.4 Å². The highest BCUT2D eigenvalue weighted by Gasteiger charge is 2.23. The minimum absolute atomic E-state index is 0.0000395. The Kier molecular flexibility index (Phi) is 5.81. The van der Waals surface area contributed by atoms with Crippen LogP contribution in [0, 0.1) is 11.3 Å². The molecule has 3 rings (SSSR count). The van der Waals surface area contributed by atoms with Gasteiger partial charge in [-0.1, -0.05) is 0 Å². The van der Waals surface area contributed by atoms with Gasteiger partial charge in [-0.15, -0.1) is 0 Å². The molecule has 1 aliphatic heterocycles. The molecule has 2 N–H and O–H groups in total. The summed E-state index contributed by atoms with van der Waals surface area (Å²) in [5.41, 5.74) is 1.54. The van der Waals surface area contributed by atoms with E-state index in [1.807, 2.05) is 6.07 Å². The number of carbonyl (C=O) groups is 2. The van der Waals surface area contributed by atoms with Gasteiger partial charge >= 0.3 is 6.03 Å². The highest BCUT2D eigenvalue weighted by molar-refractivity contribution is 7.89. The standard InChI is InChI=1S/C19H19N5O4S/c1-23(29(27,28)17-8-2-14(12-20)3-9-17)13-18(25)22-15-4-6-16(7-5-15)24-11-10-21-19(24)26/h2-9H,10-11,13H2,1H3,(H,21,26)(H,22,25). The van der Waals surface area contributed by atoms with Crippen LogP contribution >= 0.6 is 0 Å². The van der Waals surface area contributed by atoms with Crippen LogP contribution in [0.1, 0.15) is 5.56 Å². The first-order valence-corrected chi connectivity index (χ1v) is 10.2. The summed E-state index contributed by atoms with van der Waals surface area (Å²) in [7, 11) is -2.56. The Hall–Kier alpha value is -3.42. The van der Waals surface area contributed by atoms with E-state index in [9.17, 15) is 18.0 Å². The van der Waals surface area contributed by atoms with Gasteiger partial charge in [-0.3, -0.25) is 9.69 Å². The molecule has 0 aromatic heterocycles. The fraction of sp³-hybridized carbons (Fsp3) is 0.211. The van der Waals surface area contributed by atoms with Crippen LogP contribution in [0.2, 0.25) is 0 Å². The third kappa shape index (κ3) is 4.53. The summed E-state index contributed by atoms with van der Waals surface area (Å²) in [6.07, 6.45) is 0. The maximum absolute atomic E-state index is 12.6. The molecule has 0 unspecified atom stereocenters.